The van der Waals surface area contributed by atoms with E-state index in [0.717, 1.165) is 44.5 Å². The van der Waals surface area contributed by atoms with Gasteiger partial charge in [0.15, 0.2) is 0 Å². The van der Waals surface area contributed by atoms with Gasteiger partial charge in [-0.15, -0.1) is 0 Å². The standard InChI is InChI=1S/C18H27NO2/c1-3-16(4-2)18(20)19-12-8-9-15(13-19)14-21-17-10-6-5-7-11-17/h5-7,10-11,15-16H,3-4,8-9,12-14H2,1-2H3. The molecule has 1 atom stereocenters. The van der Waals surface area contributed by atoms with Crippen LogP contribution in [0.15, 0.2) is 30.3 Å². The van der Waals surface area contributed by atoms with Crippen molar-refractivity contribution in [2.45, 2.75) is 39.5 Å². The largest absolute Gasteiger partial charge is 0.493 e. The van der Waals surface area contributed by atoms with Crippen molar-refractivity contribution in [1.29, 1.82) is 0 Å². The molecular weight excluding hydrogens is 262 g/mol. The molecule has 1 heterocycles. The number of hydrogen-bond acceptors (Lipinski definition) is 2. The number of rotatable bonds is 6. The van der Waals surface area contributed by atoms with Gasteiger partial charge in [-0.2, -0.15) is 0 Å². The molecule has 0 spiro atoms. The first-order valence-corrected chi connectivity index (χ1v) is 8.21. The molecule has 1 aliphatic heterocycles. The molecule has 1 saturated heterocycles. The van der Waals surface area contributed by atoms with Gasteiger partial charge in [-0.1, -0.05) is 32.0 Å². The monoisotopic (exact) mass is 289 g/mol. The molecule has 0 aromatic heterocycles. The molecule has 1 unspecified atom stereocenters. The van der Waals surface area contributed by atoms with E-state index in [0.29, 0.717) is 18.4 Å². The maximum absolute atomic E-state index is 12.5. The van der Waals surface area contributed by atoms with Gasteiger partial charge in [-0.25, -0.2) is 0 Å². The molecule has 1 aromatic rings. The molecule has 3 nitrogen and oxygen atoms in total. The first kappa shape index (κ1) is 15.9. The van der Waals surface area contributed by atoms with Crippen LogP contribution in [-0.4, -0.2) is 30.5 Å². The van der Waals surface area contributed by atoms with Crippen molar-refractivity contribution in [3.05, 3.63) is 30.3 Å². The number of ether oxygens (including phenoxy) is 1. The Kier molecular flexibility index (Phi) is 6.09. The zero-order valence-electron chi connectivity index (χ0n) is 13.3. The zero-order valence-corrected chi connectivity index (χ0v) is 13.3. The van der Waals surface area contributed by atoms with Crippen molar-refractivity contribution in [2.24, 2.45) is 11.8 Å². The van der Waals surface area contributed by atoms with Crippen LogP contribution in [0.25, 0.3) is 0 Å². The predicted octanol–water partition coefficient (Wildman–Crippen LogP) is 3.74. The van der Waals surface area contributed by atoms with Crippen LogP contribution >= 0.6 is 0 Å². The number of para-hydroxylation sites is 1. The lowest BCUT2D eigenvalue weighted by molar-refractivity contribution is -0.137. The number of carbonyl (C=O) groups excluding carboxylic acids is 1. The van der Waals surface area contributed by atoms with Crippen LogP contribution in [0.1, 0.15) is 39.5 Å². The number of amides is 1. The highest BCUT2D eigenvalue weighted by molar-refractivity contribution is 5.78. The van der Waals surface area contributed by atoms with E-state index >= 15 is 0 Å². The number of benzene rings is 1. The number of nitrogens with zero attached hydrogens (tertiary/aromatic N) is 1. The van der Waals surface area contributed by atoms with Crippen molar-refractivity contribution >= 4 is 5.91 Å². The molecule has 0 saturated carbocycles. The second-order valence-electron chi connectivity index (χ2n) is 5.93. The van der Waals surface area contributed by atoms with Gasteiger partial charge in [-0.05, 0) is 37.8 Å². The van der Waals surface area contributed by atoms with Gasteiger partial charge in [0.25, 0.3) is 0 Å². The molecule has 0 N–H and O–H groups in total. The second-order valence-corrected chi connectivity index (χ2v) is 5.93. The molecule has 1 aromatic carbocycles. The maximum atomic E-state index is 12.5. The van der Waals surface area contributed by atoms with Gasteiger partial charge >= 0.3 is 0 Å². The van der Waals surface area contributed by atoms with Gasteiger partial charge in [0.2, 0.25) is 5.91 Å². The van der Waals surface area contributed by atoms with Crippen LogP contribution in [-0.2, 0) is 4.79 Å². The maximum Gasteiger partial charge on any atom is 0.225 e. The Balaban J connectivity index is 1.84. The Hall–Kier alpha value is -1.51. The summed E-state index contributed by atoms with van der Waals surface area (Å²) in [5, 5.41) is 0. The molecular formula is C18H27NO2. The lowest BCUT2D eigenvalue weighted by atomic mass is 9.95. The average Bonchev–Trinajstić information content (AvgIpc) is 2.55. The van der Waals surface area contributed by atoms with E-state index in [1.807, 2.05) is 30.3 Å². The van der Waals surface area contributed by atoms with Gasteiger partial charge in [0, 0.05) is 24.9 Å². The van der Waals surface area contributed by atoms with E-state index in [9.17, 15) is 4.79 Å². The summed E-state index contributed by atoms with van der Waals surface area (Å²) in [6.07, 6.45) is 4.13. The number of piperidine rings is 1. The first-order chi connectivity index (χ1) is 10.2. The summed E-state index contributed by atoms with van der Waals surface area (Å²) < 4.78 is 5.85. The summed E-state index contributed by atoms with van der Waals surface area (Å²) in [6, 6.07) is 9.92. The van der Waals surface area contributed by atoms with Crippen molar-refractivity contribution in [1.82, 2.24) is 4.90 Å². The molecule has 2 rings (SSSR count). The molecule has 1 amide bonds. The van der Waals surface area contributed by atoms with Crippen molar-refractivity contribution in [2.75, 3.05) is 19.7 Å². The summed E-state index contributed by atoms with van der Waals surface area (Å²) >= 11 is 0. The summed E-state index contributed by atoms with van der Waals surface area (Å²) in [5.74, 6) is 1.90. The molecule has 116 valence electrons. The molecule has 1 aliphatic rings. The summed E-state index contributed by atoms with van der Waals surface area (Å²) in [5.41, 5.74) is 0. The Morgan fingerprint density at radius 3 is 2.67 bits per heavy atom. The highest BCUT2D eigenvalue weighted by atomic mass is 16.5. The summed E-state index contributed by atoms with van der Waals surface area (Å²) in [6.45, 7) is 6.67. The fraction of sp³-hybridized carbons (Fsp3) is 0.611. The van der Waals surface area contributed by atoms with Crippen LogP contribution in [0.2, 0.25) is 0 Å². The third-order valence-electron chi connectivity index (χ3n) is 4.39. The van der Waals surface area contributed by atoms with Gasteiger partial charge in [0.05, 0.1) is 6.61 Å². The van der Waals surface area contributed by atoms with Gasteiger partial charge in [-0.3, -0.25) is 4.79 Å². The number of hydrogen-bond donors (Lipinski definition) is 0. The predicted molar refractivity (Wildman–Crippen MR) is 85.3 cm³/mol. The van der Waals surface area contributed by atoms with E-state index in [1.54, 1.807) is 0 Å². The van der Waals surface area contributed by atoms with Gasteiger partial charge < -0.3 is 9.64 Å². The SMILES string of the molecule is CCC(CC)C(=O)N1CCCC(COc2ccccc2)C1. The highest BCUT2D eigenvalue weighted by Crippen LogP contribution is 2.21. The molecule has 21 heavy (non-hydrogen) atoms. The third-order valence-corrected chi connectivity index (χ3v) is 4.39. The Labute approximate surface area is 128 Å². The minimum Gasteiger partial charge on any atom is -0.493 e. The average molecular weight is 289 g/mol. The number of carbonyl (C=O) groups is 1. The Morgan fingerprint density at radius 2 is 2.00 bits per heavy atom. The van der Waals surface area contributed by atoms with Crippen LogP contribution < -0.4 is 4.74 Å². The molecule has 3 heteroatoms. The Morgan fingerprint density at radius 1 is 1.29 bits per heavy atom. The van der Waals surface area contributed by atoms with E-state index in [4.69, 9.17) is 4.74 Å². The molecule has 0 aliphatic carbocycles. The highest BCUT2D eigenvalue weighted by Gasteiger charge is 2.27. The van der Waals surface area contributed by atoms with E-state index in [1.165, 1.54) is 0 Å². The normalized spacial score (nSPS) is 18.8. The summed E-state index contributed by atoms with van der Waals surface area (Å²) in [7, 11) is 0. The van der Waals surface area contributed by atoms with Crippen LogP contribution in [0.4, 0.5) is 0 Å². The lowest BCUT2D eigenvalue weighted by Crippen LogP contribution is -2.44. The van der Waals surface area contributed by atoms with E-state index < -0.39 is 0 Å². The van der Waals surface area contributed by atoms with Gasteiger partial charge in [0.1, 0.15) is 5.75 Å². The third kappa shape index (κ3) is 4.48. The van der Waals surface area contributed by atoms with E-state index in [2.05, 4.69) is 18.7 Å². The van der Waals surface area contributed by atoms with Crippen molar-refractivity contribution in [3.8, 4) is 5.75 Å². The summed E-state index contributed by atoms with van der Waals surface area (Å²) in [4.78, 5) is 14.5. The minimum absolute atomic E-state index is 0.193. The minimum atomic E-state index is 0.193. The number of likely N-dealkylation sites (tertiary alicyclic amines) is 1. The molecule has 0 bridgehead atoms. The van der Waals surface area contributed by atoms with Crippen molar-refractivity contribution in [3.63, 3.8) is 0 Å². The zero-order chi connectivity index (χ0) is 15.1. The fourth-order valence-electron chi connectivity index (χ4n) is 3.03. The van der Waals surface area contributed by atoms with E-state index in [-0.39, 0.29) is 5.92 Å². The van der Waals surface area contributed by atoms with Crippen molar-refractivity contribution < 1.29 is 9.53 Å². The lowest BCUT2D eigenvalue weighted by Gasteiger charge is -2.34. The smallest absolute Gasteiger partial charge is 0.225 e. The topological polar surface area (TPSA) is 29.5 Å². The Bertz CT molecular complexity index is 428. The second kappa shape index (κ2) is 8.06. The first-order valence-electron chi connectivity index (χ1n) is 8.21. The quantitative estimate of drug-likeness (QED) is 0.798. The van der Waals surface area contributed by atoms with Crippen LogP contribution in [0, 0.1) is 11.8 Å². The molecule has 0 radical (unpaired) electrons. The fourth-order valence-corrected chi connectivity index (χ4v) is 3.03. The molecule has 1 fully saturated rings. The van der Waals surface area contributed by atoms with Crippen LogP contribution in [0.3, 0.4) is 0 Å². The van der Waals surface area contributed by atoms with Crippen LogP contribution in [0.5, 0.6) is 5.75 Å².